The molecule has 38 heavy (non-hydrogen) atoms. The van der Waals surface area contributed by atoms with E-state index in [1.807, 2.05) is 42.6 Å². The molecule has 0 saturated carbocycles. The first kappa shape index (κ1) is 25.0. The zero-order valence-corrected chi connectivity index (χ0v) is 21.7. The fraction of sp³-hybridized carbons (Fsp3) is 0.207. The van der Waals surface area contributed by atoms with E-state index >= 15 is 0 Å². The van der Waals surface area contributed by atoms with E-state index in [-0.39, 0.29) is 5.91 Å². The van der Waals surface area contributed by atoms with E-state index in [1.54, 1.807) is 25.5 Å². The molecule has 4 aromatic rings. The van der Waals surface area contributed by atoms with E-state index in [4.69, 9.17) is 9.72 Å². The molecule has 0 unspecified atom stereocenters. The van der Waals surface area contributed by atoms with Crippen LogP contribution in [0.2, 0.25) is 0 Å². The Hall–Kier alpha value is -4.63. The summed E-state index contributed by atoms with van der Waals surface area (Å²) in [7, 11) is 5.77. The van der Waals surface area contributed by atoms with Crippen molar-refractivity contribution in [3.05, 3.63) is 79.7 Å². The molecule has 0 bridgehead atoms. The molecule has 0 spiro atoms. The molecule has 1 saturated heterocycles. The summed E-state index contributed by atoms with van der Waals surface area (Å²) in [4.78, 5) is 29.5. The van der Waals surface area contributed by atoms with Crippen molar-refractivity contribution in [3.63, 3.8) is 0 Å². The van der Waals surface area contributed by atoms with Crippen molar-refractivity contribution < 1.29 is 9.53 Å². The number of aromatic nitrogens is 3. The van der Waals surface area contributed by atoms with Crippen LogP contribution >= 0.6 is 0 Å². The minimum Gasteiger partial charge on any atom is -0.494 e. The molecule has 1 fully saturated rings. The predicted molar refractivity (Wildman–Crippen MR) is 153 cm³/mol. The molecule has 9 heteroatoms. The highest BCUT2D eigenvalue weighted by atomic mass is 16.5. The summed E-state index contributed by atoms with van der Waals surface area (Å²) < 4.78 is 5.74. The second-order valence-electron chi connectivity index (χ2n) is 9.31. The Morgan fingerprint density at radius 1 is 1.21 bits per heavy atom. The van der Waals surface area contributed by atoms with E-state index in [9.17, 15) is 4.79 Å². The monoisotopic (exact) mass is 509 g/mol. The van der Waals surface area contributed by atoms with Crippen molar-refractivity contribution in [2.75, 3.05) is 49.8 Å². The minimum absolute atomic E-state index is 0.246. The zero-order valence-electron chi connectivity index (χ0n) is 21.7. The second-order valence-corrected chi connectivity index (χ2v) is 9.31. The van der Waals surface area contributed by atoms with Gasteiger partial charge in [-0.15, -0.1) is 0 Å². The minimum atomic E-state index is -0.246. The van der Waals surface area contributed by atoms with Crippen LogP contribution in [0.25, 0.3) is 22.2 Å². The molecule has 1 aliphatic rings. The van der Waals surface area contributed by atoms with Gasteiger partial charge in [0.25, 0.3) is 0 Å². The molecule has 194 valence electrons. The van der Waals surface area contributed by atoms with Gasteiger partial charge in [0, 0.05) is 60.1 Å². The van der Waals surface area contributed by atoms with E-state index < -0.39 is 0 Å². The Bertz CT molecular complexity index is 1500. The Morgan fingerprint density at radius 2 is 2.03 bits per heavy atom. The number of ether oxygens (including phenoxy) is 1. The molecule has 3 heterocycles. The average Bonchev–Trinajstić information content (AvgIpc) is 3.32. The number of benzene rings is 2. The fourth-order valence-electron chi connectivity index (χ4n) is 4.48. The number of nitrogens with one attached hydrogen (secondary N) is 3. The smallest absolute Gasteiger partial charge is 0.248 e. The lowest BCUT2D eigenvalue weighted by atomic mass is 10.0. The van der Waals surface area contributed by atoms with Crippen molar-refractivity contribution in [2.45, 2.75) is 6.04 Å². The number of nitrogens with zero attached hydrogens (tertiary/aromatic N) is 4. The van der Waals surface area contributed by atoms with Gasteiger partial charge >= 0.3 is 0 Å². The number of hydrogen-bond donors (Lipinski definition) is 3. The molecule has 9 nitrogen and oxygen atoms in total. The van der Waals surface area contributed by atoms with Crippen LogP contribution in [0.15, 0.2) is 79.7 Å². The van der Waals surface area contributed by atoms with E-state index in [0.717, 1.165) is 40.9 Å². The van der Waals surface area contributed by atoms with Gasteiger partial charge in [0.15, 0.2) is 0 Å². The molecule has 3 N–H and O–H groups in total. The van der Waals surface area contributed by atoms with Crippen LogP contribution in [-0.2, 0) is 4.79 Å². The average molecular weight is 510 g/mol. The quantitative estimate of drug-likeness (QED) is 0.220. The largest absolute Gasteiger partial charge is 0.494 e. The highest BCUT2D eigenvalue weighted by molar-refractivity contribution is 6.03. The Balaban J connectivity index is 1.48. The Labute approximate surface area is 221 Å². The number of hydrogen-bond acceptors (Lipinski definition) is 7. The number of likely N-dealkylation sites (N-methyl/N-ethyl adjacent to an activating group) is 1. The molecular weight excluding hydrogens is 478 g/mol. The molecule has 1 amide bonds. The van der Waals surface area contributed by atoms with Crippen molar-refractivity contribution in [3.8, 4) is 17.0 Å². The van der Waals surface area contributed by atoms with Gasteiger partial charge in [0.05, 0.1) is 29.9 Å². The van der Waals surface area contributed by atoms with E-state index in [0.29, 0.717) is 29.1 Å². The Morgan fingerprint density at radius 3 is 2.79 bits per heavy atom. The SMILES string of the molecule is C=C/C=C\C(=O)Nc1cc(Nc2nccc(-c3c[nH]c4ccccc34)n2)c(OC)cc1N1CC(N(C)C)C1. The van der Waals surface area contributed by atoms with E-state index in [2.05, 4.69) is 57.1 Å². The summed E-state index contributed by atoms with van der Waals surface area (Å²) in [6.07, 6.45) is 8.28. The van der Waals surface area contributed by atoms with Crippen molar-refractivity contribution in [1.82, 2.24) is 19.9 Å². The molecule has 2 aromatic carbocycles. The summed E-state index contributed by atoms with van der Waals surface area (Å²) in [5, 5.41) is 7.38. The number of anilines is 4. The Kier molecular flexibility index (Phi) is 7.10. The van der Waals surface area contributed by atoms with Crippen LogP contribution in [0.5, 0.6) is 5.75 Å². The lowest BCUT2D eigenvalue weighted by molar-refractivity contribution is -0.111. The third-order valence-corrected chi connectivity index (χ3v) is 6.66. The van der Waals surface area contributed by atoms with Crippen molar-refractivity contribution in [1.29, 1.82) is 0 Å². The first-order valence-electron chi connectivity index (χ1n) is 12.4. The van der Waals surface area contributed by atoms with Crippen molar-refractivity contribution in [2.24, 2.45) is 0 Å². The summed E-state index contributed by atoms with van der Waals surface area (Å²) in [5.74, 6) is 0.790. The predicted octanol–water partition coefficient (Wildman–Crippen LogP) is 4.81. The lowest BCUT2D eigenvalue weighted by Crippen LogP contribution is -2.57. The topological polar surface area (TPSA) is 98.4 Å². The highest BCUT2D eigenvalue weighted by Crippen LogP contribution is 2.40. The summed E-state index contributed by atoms with van der Waals surface area (Å²) >= 11 is 0. The number of para-hydroxylation sites is 1. The van der Waals surface area contributed by atoms with Gasteiger partial charge in [-0.25, -0.2) is 9.97 Å². The third kappa shape index (κ3) is 5.09. The summed E-state index contributed by atoms with van der Waals surface area (Å²) in [6.45, 7) is 5.34. The van der Waals surface area contributed by atoms with Gasteiger partial charge in [-0.05, 0) is 32.3 Å². The second kappa shape index (κ2) is 10.8. The summed E-state index contributed by atoms with van der Waals surface area (Å²) in [6, 6.07) is 14.2. The van der Waals surface area contributed by atoms with Crippen LogP contribution < -0.4 is 20.3 Å². The normalized spacial score (nSPS) is 13.6. The maximum atomic E-state index is 12.6. The number of rotatable bonds is 9. The third-order valence-electron chi connectivity index (χ3n) is 6.66. The molecule has 0 atom stereocenters. The van der Waals surface area contributed by atoms with Crippen LogP contribution in [-0.4, -0.2) is 66.1 Å². The van der Waals surface area contributed by atoms with Crippen LogP contribution in [0.4, 0.5) is 23.0 Å². The first-order chi connectivity index (χ1) is 18.5. The number of carbonyl (C=O) groups excluding carboxylic acids is 1. The molecule has 5 rings (SSSR count). The number of H-pyrrole nitrogens is 1. The highest BCUT2D eigenvalue weighted by Gasteiger charge is 2.31. The van der Waals surface area contributed by atoms with Gasteiger partial charge in [0.1, 0.15) is 5.75 Å². The van der Waals surface area contributed by atoms with Gasteiger partial charge in [-0.3, -0.25) is 4.79 Å². The van der Waals surface area contributed by atoms with Gasteiger partial charge in [0.2, 0.25) is 11.9 Å². The maximum Gasteiger partial charge on any atom is 0.248 e. The fourth-order valence-corrected chi connectivity index (χ4v) is 4.48. The number of aromatic amines is 1. The number of carbonyl (C=O) groups is 1. The molecular formula is C29H31N7O2. The number of allylic oxidation sites excluding steroid dienone is 2. The summed E-state index contributed by atoms with van der Waals surface area (Å²) in [5.41, 5.74) is 5.01. The van der Waals surface area contributed by atoms with Gasteiger partial charge < -0.3 is 30.2 Å². The molecule has 1 aliphatic heterocycles. The lowest BCUT2D eigenvalue weighted by Gasteiger charge is -2.45. The van der Waals surface area contributed by atoms with Crippen LogP contribution in [0.3, 0.4) is 0 Å². The van der Waals surface area contributed by atoms with Crippen LogP contribution in [0, 0.1) is 0 Å². The van der Waals surface area contributed by atoms with Gasteiger partial charge in [-0.1, -0.05) is 36.9 Å². The van der Waals surface area contributed by atoms with Crippen LogP contribution in [0.1, 0.15) is 0 Å². The van der Waals surface area contributed by atoms with Gasteiger partial charge in [-0.2, -0.15) is 0 Å². The van der Waals surface area contributed by atoms with E-state index in [1.165, 1.54) is 6.08 Å². The zero-order chi connectivity index (χ0) is 26.6. The maximum absolute atomic E-state index is 12.6. The standard InChI is InChI=1S/C29H31N7O2/c1-5-6-11-28(37)32-24-14-25(27(38-4)15-26(24)36-17-19(18-36)35(2)3)34-29-30-13-12-23(33-29)21-16-31-22-10-8-7-9-20(21)22/h5-16,19,31H,1,17-18H2,2-4H3,(H,32,37)(H,30,33,34)/b11-6-. The molecule has 0 radical (unpaired) electrons. The number of methoxy groups -OCH3 is 1. The number of amides is 1. The number of fused-ring (bicyclic) bond motifs is 1. The molecule has 0 aliphatic carbocycles. The first-order valence-corrected chi connectivity index (χ1v) is 12.4. The molecule has 2 aromatic heterocycles. The van der Waals surface area contributed by atoms with Crippen molar-refractivity contribution >= 4 is 39.8 Å².